The van der Waals surface area contributed by atoms with E-state index in [4.69, 9.17) is 5.73 Å². The molecule has 0 rings (SSSR count). The van der Waals surface area contributed by atoms with Gasteiger partial charge < -0.3 is 16.4 Å². The summed E-state index contributed by atoms with van der Waals surface area (Å²) in [6, 6.07) is 0.165. The van der Waals surface area contributed by atoms with E-state index in [0.717, 1.165) is 0 Å². The van der Waals surface area contributed by atoms with Crippen molar-refractivity contribution in [2.75, 3.05) is 13.1 Å². The summed E-state index contributed by atoms with van der Waals surface area (Å²) < 4.78 is 0. The first-order valence-electron chi connectivity index (χ1n) is 5.00. The summed E-state index contributed by atoms with van der Waals surface area (Å²) in [5.41, 5.74) is 5.51. The molecular weight excluding hydrogens is 192 g/mol. The lowest BCUT2D eigenvalue weighted by Crippen LogP contribution is -2.33. The molecule has 4 N–H and O–H groups in total. The van der Waals surface area contributed by atoms with Gasteiger partial charge in [-0.25, -0.2) is 0 Å². The second-order valence-electron chi connectivity index (χ2n) is 3.41. The zero-order chi connectivity index (χ0) is 11.7. The fraction of sp³-hybridized carbons (Fsp3) is 0.600. The fourth-order valence-corrected chi connectivity index (χ4v) is 0.905. The Morgan fingerprint density at radius 3 is 2.80 bits per heavy atom. The van der Waals surface area contributed by atoms with Gasteiger partial charge in [-0.1, -0.05) is 6.08 Å². The number of amides is 1. The van der Waals surface area contributed by atoms with Crippen LogP contribution in [0.1, 0.15) is 20.3 Å². The molecule has 15 heavy (non-hydrogen) atoms. The molecule has 0 saturated heterocycles. The Morgan fingerprint density at radius 2 is 2.27 bits per heavy atom. The van der Waals surface area contributed by atoms with Gasteiger partial charge in [0.25, 0.3) is 0 Å². The standard InChI is InChI=1S/C10H20N4O/c1-4-6-12-10(11)13-7-5-9(15)14-8(2)3/h4,8H,1,5-7H2,2-3H3,(H,14,15)(H3,11,12,13). The van der Waals surface area contributed by atoms with Crippen LogP contribution in [-0.4, -0.2) is 31.0 Å². The summed E-state index contributed by atoms with van der Waals surface area (Å²) >= 11 is 0. The minimum absolute atomic E-state index is 0.00901. The Labute approximate surface area is 90.8 Å². The third kappa shape index (κ3) is 8.80. The highest BCUT2D eigenvalue weighted by Gasteiger charge is 2.01. The van der Waals surface area contributed by atoms with Gasteiger partial charge in [0.15, 0.2) is 5.96 Å². The number of hydrogen-bond donors (Lipinski definition) is 3. The molecule has 0 aromatic heterocycles. The van der Waals surface area contributed by atoms with Crippen LogP contribution in [0.3, 0.4) is 0 Å². The van der Waals surface area contributed by atoms with Crippen molar-refractivity contribution in [2.24, 2.45) is 10.7 Å². The lowest BCUT2D eigenvalue weighted by atomic mass is 10.3. The van der Waals surface area contributed by atoms with Gasteiger partial charge in [0, 0.05) is 19.0 Å². The van der Waals surface area contributed by atoms with Gasteiger partial charge in [-0.3, -0.25) is 9.79 Å². The molecule has 0 fully saturated rings. The summed E-state index contributed by atoms with van der Waals surface area (Å²) in [5.74, 6) is 0.331. The molecule has 0 aromatic carbocycles. The zero-order valence-corrected chi connectivity index (χ0v) is 9.42. The second-order valence-corrected chi connectivity index (χ2v) is 3.41. The van der Waals surface area contributed by atoms with E-state index in [2.05, 4.69) is 22.2 Å². The van der Waals surface area contributed by atoms with Crippen molar-refractivity contribution in [3.63, 3.8) is 0 Å². The number of guanidine groups is 1. The van der Waals surface area contributed by atoms with Crippen molar-refractivity contribution in [3.05, 3.63) is 12.7 Å². The molecule has 5 nitrogen and oxygen atoms in total. The van der Waals surface area contributed by atoms with Crippen LogP contribution in [0.5, 0.6) is 0 Å². The average molecular weight is 212 g/mol. The normalized spacial score (nSPS) is 11.3. The SMILES string of the molecule is C=CCNC(N)=NCCC(=O)NC(C)C. The first kappa shape index (κ1) is 13.5. The van der Waals surface area contributed by atoms with Gasteiger partial charge in [-0.15, -0.1) is 6.58 Å². The number of aliphatic imine (C=N–C) groups is 1. The first-order chi connectivity index (χ1) is 7.06. The number of nitrogens with one attached hydrogen (secondary N) is 2. The molecule has 0 unspecified atom stereocenters. The Balaban J connectivity index is 3.67. The Hall–Kier alpha value is -1.52. The van der Waals surface area contributed by atoms with Gasteiger partial charge in [0.05, 0.1) is 6.54 Å². The van der Waals surface area contributed by atoms with Crippen LogP contribution in [0.25, 0.3) is 0 Å². The maximum Gasteiger partial charge on any atom is 0.222 e. The second kappa shape index (κ2) is 7.84. The predicted molar refractivity (Wildman–Crippen MR) is 62.6 cm³/mol. The zero-order valence-electron chi connectivity index (χ0n) is 9.42. The van der Waals surface area contributed by atoms with E-state index in [9.17, 15) is 4.79 Å². The molecule has 0 aliphatic heterocycles. The largest absolute Gasteiger partial charge is 0.370 e. The highest BCUT2D eigenvalue weighted by atomic mass is 16.1. The van der Waals surface area contributed by atoms with E-state index >= 15 is 0 Å². The number of hydrogen-bond acceptors (Lipinski definition) is 2. The molecule has 0 radical (unpaired) electrons. The van der Waals surface area contributed by atoms with Crippen LogP contribution in [0.4, 0.5) is 0 Å². The minimum atomic E-state index is -0.00901. The molecule has 0 bridgehead atoms. The smallest absolute Gasteiger partial charge is 0.222 e. The molecule has 5 heteroatoms. The predicted octanol–water partition coefficient (Wildman–Crippen LogP) is -0.00860. The molecular formula is C10H20N4O. The van der Waals surface area contributed by atoms with Gasteiger partial charge in [-0.2, -0.15) is 0 Å². The number of carbonyl (C=O) groups excluding carboxylic acids is 1. The van der Waals surface area contributed by atoms with Crippen molar-refractivity contribution in [2.45, 2.75) is 26.3 Å². The van der Waals surface area contributed by atoms with E-state index in [1.807, 2.05) is 13.8 Å². The van der Waals surface area contributed by atoms with Gasteiger partial charge in [0.2, 0.25) is 5.91 Å². The quantitative estimate of drug-likeness (QED) is 0.329. The Kier molecular flexibility index (Phi) is 7.05. The summed E-state index contributed by atoms with van der Waals surface area (Å²) in [4.78, 5) is 15.2. The first-order valence-corrected chi connectivity index (χ1v) is 5.00. The molecule has 0 aliphatic rings. The molecule has 1 amide bonds. The molecule has 0 aromatic rings. The third-order valence-corrected chi connectivity index (χ3v) is 1.50. The number of rotatable bonds is 6. The molecule has 0 spiro atoms. The van der Waals surface area contributed by atoms with Crippen molar-refractivity contribution < 1.29 is 4.79 Å². The number of carbonyl (C=O) groups is 1. The van der Waals surface area contributed by atoms with Gasteiger partial charge in [0.1, 0.15) is 0 Å². The maximum atomic E-state index is 11.2. The summed E-state index contributed by atoms with van der Waals surface area (Å²) in [6.45, 7) is 8.35. The lowest BCUT2D eigenvalue weighted by Gasteiger charge is -2.07. The highest BCUT2D eigenvalue weighted by Crippen LogP contribution is 1.84. The van der Waals surface area contributed by atoms with E-state index in [1.165, 1.54) is 0 Å². The summed E-state index contributed by atoms with van der Waals surface area (Å²) in [6.07, 6.45) is 2.04. The van der Waals surface area contributed by atoms with Gasteiger partial charge >= 0.3 is 0 Å². The number of nitrogens with two attached hydrogens (primary N) is 1. The highest BCUT2D eigenvalue weighted by molar-refractivity contribution is 5.79. The molecule has 0 aliphatic carbocycles. The van der Waals surface area contributed by atoms with E-state index in [-0.39, 0.29) is 11.9 Å². The minimum Gasteiger partial charge on any atom is -0.370 e. The lowest BCUT2D eigenvalue weighted by molar-refractivity contribution is -0.121. The molecule has 0 saturated carbocycles. The Morgan fingerprint density at radius 1 is 1.60 bits per heavy atom. The third-order valence-electron chi connectivity index (χ3n) is 1.50. The number of nitrogens with zero attached hydrogens (tertiary/aromatic N) is 1. The molecule has 86 valence electrons. The monoisotopic (exact) mass is 212 g/mol. The topological polar surface area (TPSA) is 79.5 Å². The van der Waals surface area contributed by atoms with Crippen molar-refractivity contribution >= 4 is 11.9 Å². The van der Waals surface area contributed by atoms with Crippen molar-refractivity contribution in [1.82, 2.24) is 10.6 Å². The fourth-order valence-electron chi connectivity index (χ4n) is 0.905. The van der Waals surface area contributed by atoms with Crippen LogP contribution in [0.2, 0.25) is 0 Å². The Bertz CT molecular complexity index is 236. The molecule has 0 atom stereocenters. The van der Waals surface area contributed by atoms with Crippen molar-refractivity contribution in [1.29, 1.82) is 0 Å². The van der Waals surface area contributed by atoms with Crippen LogP contribution in [0, 0.1) is 0 Å². The van der Waals surface area contributed by atoms with Crippen molar-refractivity contribution in [3.8, 4) is 0 Å². The maximum absolute atomic E-state index is 11.2. The average Bonchev–Trinajstić information content (AvgIpc) is 2.13. The van der Waals surface area contributed by atoms with E-state index in [0.29, 0.717) is 25.5 Å². The van der Waals surface area contributed by atoms with Crippen LogP contribution >= 0.6 is 0 Å². The van der Waals surface area contributed by atoms with E-state index < -0.39 is 0 Å². The summed E-state index contributed by atoms with van der Waals surface area (Å²) in [5, 5.41) is 5.60. The van der Waals surface area contributed by atoms with E-state index in [1.54, 1.807) is 6.08 Å². The van der Waals surface area contributed by atoms with Gasteiger partial charge in [-0.05, 0) is 13.8 Å². The molecule has 0 heterocycles. The van der Waals surface area contributed by atoms with Crippen LogP contribution in [-0.2, 0) is 4.79 Å². The van der Waals surface area contributed by atoms with Crippen LogP contribution in [0.15, 0.2) is 17.6 Å². The van der Waals surface area contributed by atoms with Crippen LogP contribution < -0.4 is 16.4 Å². The summed E-state index contributed by atoms with van der Waals surface area (Å²) in [7, 11) is 0.